The Labute approximate surface area is 176 Å². The first-order chi connectivity index (χ1) is 11.4. The Hall–Kier alpha value is -0.250. The summed E-state index contributed by atoms with van der Waals surface area (Å²) in [4.78, 5) is 3.61. The Morgan fingerprint density at radius 1 is 1.24 bits per heavy atom. The molecule has 0 aromatic heterocycles. The number of nitrogens with one attached hydrogen (secondary N) is 1. The minimum absolute atomic E-state index is 0. The minimum Gasteiger partial charge on any atom is -0.846 e. The molecule has 0 spiro atoms. The number of hydrogen-bond donors (Lipinski definition) is 2. The molecular weight excluding hydrogens is 371 g/mol. The van der Waals surface area contributed by atoms with Crippen molar-refractivity contribution in [2.24, 2.45) is 4.99 Å². The van der Waals surface area contributed by atoms with Gasteiger partial charge in [0.2, 0.25) is 0 Å². The summed E-state index contributed by atoms with van der Waals surface area (Å²) in [6.45, 7) is 2.61. The Balaban J connectivity index is 0.00000576. The van der Waals surface area contributed by atoms with Crippen LogP contribution in [-0.4, -0.2) is 37.0 Å². The SMILES string of the molecule is CCCCCCCSCCN=C([O-])Nc1cccc(S(=O)(=O)O)c1.[Na+]. The van der Waals surface area contributed by atoms with E-state index in [-0.39, 0.29) is 40.1 Å². The van der Waals surface area contributed by atoms with Crippen LogP contribution in [0.1, 0.15) is 39.0 Å². The molecule has 0 heterocycles. The molecule has 9 heteroatoms. The molecule has 0 radical (unpaired) electrons. The van der Waals surface area contributed by atoms with Crippen molar-refractivity contribution in [1.82, 2.24) is 0 Å². The van der Waals surface area contributed by atoms with Gasteiger partial charge < -0.3 is 10.4 Å². The zero-order valence-corrected chi connectivity index (χ0v) is 18.5. The second-order valence-corrected chi connectivity index (χ2v) is 7.99. The van der Waals surface area contributed by atoms with E-state index in [1.165, 1.54) is 56.4 Å². The fourth-order valence-corrected chi connectivity index (χ4v) is 3.38. The predicted molar refractivity (Wildman–Crippen MR) is 98.3 cm³/mol. The molecule has 25 heavy (non-hydrogen) atoms. The van der Waals surface area contributed by atoms with Crippen molar-refractivity contribution in [3.63, 3.8) is 0 Å². The van der Waals surface area contributed by atoms with Crippen LogP contribution in [0.25, 0.3) is 0 Å². The Morgan fingerprint density at radius 2 is 1.96 bits per heavy atom. The van der Waals surface area contributed by atoms with E-state index in [2.05, 4.69) is 17.2 Å². The molecule has 0 amide bonds. The van der Waals surface area contributed by atoms with E-state index in [0.29, 0.717) is 6.54 Å². The van der Waals surface area contributed by atoms with Gasteiger partial charge in [0.15, 0.2) is 0 Å². The third kappa shape index (κ3) is 11.9. The van der Waals surface area contributed by atoms with Crippen molar-refractivity contribution < 1.29 is 47.6 Å². The van der Waals surface area contributed by atoms with Crippen LogP contribution in [0.2, 0.25) is 0 Å². The molecule has 0 saturated carbocycles. The van der Waals surface area contributed by atoms with E-state index in [0.717, 1.165) is 11.5 Å². The standard InChI is InChI=1S/C16H26N2O4S2.Na/c1-2-3-4-5-6-11-23-12-10-17-16(19)18-14-8-7-9-15(13-14)24(20,21)22;/h7-9,13H,2-6,10-12H2,1H3,(H2,17,18,19)(H,20,21,22);/q;+1/p-1. The maximum Gasteiger partial charge on any atom is 1.00 e. The van der Waals surface area contributed by atoms with E-state index >= 15 is 0 Å². The van der Waals surface area contributed by atoms with Crippen LogP contribution in [0.4, 0.5) is 5.69 Å². The Bertz CT molecular complexity index is 624. The van der Waals surface area contributed by atoms with E-state index < -0.39 is 16.1 Å². The number of benzene rings is 1. The first-order valence-electron chi connectivity index (χ1n) is 8.07. The van der Waals surface area contributed by atoms with E-state index in [1.807, 2.05) is 0 Å². The average molecular weight is 397 g/mol. The maximum atomic E-state index is 11.7. The van der Waals surface area contributed by atoms with Crippen molar-refractivity contribution in [1.29, 1.82) is 0 Å². The maximum absolute atomic E-state index is 11.7. The summed E-state index contributed by atoms with van der Waals surface area (Å²) in [5.74, 6) is 1.86. The third-order valence-corrected chi connectivity index (χ3v) is 5.16. The zero-order chi connectivity index (χ0) is 17.8. The Morgan fingerprint density at radius 3 is 2.64 bits per heavy atom. The van der Waals surface area contributed by atoms with Gasteiger partial charge in [0.1, 0.15) is 0 Å². The zero-order valence-electron chi connectivity index (χ0n) is 14.9. The van der Waals surface area contributed by atoms with Crippen LogP contribution in [0.15, 0.2) is 34.2 Å². The second kappa shape index (κ2) is 13.9. The van der Waals surface area contributed by atoms with Gasteiger partial charge in [-0.15, -0.1) is 0 Å². The van der Waals surface area contributed by atoms with Gasteiger partial charge >= 0.3 is 29.6 Å². The van der Waals surface area contributed by atoms with Gasteiger partial charge in [0, 0.05) is 18.0 Å². The van der Waals surface area contributed by atoms with E-state index in [9.17, 15) is 13.5 Å². The molecule has 0 unspecified atom stereocenters. The van der Waals surface area contributed by atoms with Crippen LogP contribution in [0.5, 0.6) is 0 Å². The van der Waals surface area contributed by atoms with Crippen LogP contribution in [0.3, 0.4) is 0 Å². The van der Waals surface area contributed by atoms with Gasteiger partial charge in [0.25, 0.3) is 10.1 Å². The first-order valence-corrected chi connectivity index (χ1v) is 10.7. The van der Waals surface area contributed by atoms with Crippen molar-refractivity contribution in [2.45, 2.75) is 43.9 Å². The summed E-state index contributed by atoms with van der Waals surface area (Å²) in [5, 5.41) is 14.2. The molecule has 0 saturated heterocycles. The number of anilines is 1. The Kier molecular flexibility index (Phi) is 13.7. The molecule has 0 aliphatic carbocycles. The molecule has 0 fully saturated rings. The molecule has 0 bridgehead atoms. The largest absolute Gasteiger partial charge is 1.00 e. The number of aliphatic imine (C=N–C) groups is 1. The summed E-state index contributed by atoms with van der Waals surface area (Å²) in [5.41, 5.74) is 0.280. The van der Waals surface area contributed by atoms with Crippen LogP contribution in [0, 0.1) is 0 Å². The number of hydrogen-bond acceptors (Lipinski definition) is 5. The summed E-state index contributed by atoms with van der Waals surface area (Å²) < 4.78 is 31.1. The first kappa shape index (κ1) is 24.8. The minimum atomic E-state index is -4.28. The summed E-state index contributed by atoms with van der Waals surface area (Å²) in [6.07, 6.45) is 6.27. The molecule has 0 aliphatic rings. The number of amidine groups is 1. The van der Waals surface area contributed by atoms with Crippen LogP contribution >= 0.6 is 11.8 Å². The number of thioether (sulfide) groups is 1. The topological polar surface area (TPSA) is 102 Å². The van der Waals surface area contributed by atoms with Crippen LogP contribution in [-0.2, 0) is 10.1 Å². The molecule has 1 aromatic carbocycles. The normalized spacial score (nSPS) is 11.8. The molecule has 1 aromatic rings. The van der Waals surface area contributed by atoms with Crippen molar-refractivity contribution in [3.8, 4) is 0 Å². The van der Waals surface area contributed by atoms with Gasteiger partial charge in [-0.1, -0.05) is 38.7 Å². The molecule has 136 valence electrons. The number of nitrogens with zero attached hydrogens (tertiary/aromatic N) is 1. The molecule has 2 N–H and O–H groups in total. The van der Waals surface area contributed by atoms with Crippen molar-refractivity contribution >= 4 is 33.6 Å². The quantitative estimate of drug-likeness (QED) is 0.176. The molecule has 0 atom stereocenters. The van der Waals surface area contributed by atoms with Gasteiger partial charge in [-0.3, -0.25) is 9.55 Å². The van der Waals surface area contributed by atoms with Gasteiger partial charge in [-0.25, -0.2) is 0 Å². The van der Waals surface area contributed by atoms with E-state index in [1.54, 1.807) is 11.8 Å². The summed E-state index contributed by atoms with van der Waals surface area (Å²) >= 11 is 1.78. The average Bonchev–Trinajstić information content (AvgIpc) is 2.53. The van der Waals surface area contributed by atoms with Crippen molar-refractivity contribution in [3.05, 3.63) is 24.3 Å². The monoisotopic (exact) mass is 396 g/mol. The third-order valence-electron chi connectivity index (χ3n) is 3.27. The van der Waals surface area contributed by atoms with Gasteiger partial charge in [-0.05, 0) is 30.4 Å². The molecule has 1 rings (SSSR count). The summed E-state index contributed by atoms with van der Waals surface area (Å²) in [6, 6.07) is 4.89. The second-order valence-electron chi connectivity index (χ2n) is 5.34. The molecule has 0 aliphatic heterocycles. The molecule has 6 nitrogen and oxygen atoms in total. The van der Waals surface area contributed by atoms with Crippen LogP contribution < -0.4 is 40.0 Å². The van der Waals surface area contributed by atoms with Gasteiger partial charge in [-0.2, -0.15) is 20.2 Å². The van der Waals surface area contributed by atoms with Gasteiger partial charge in [0.05, 0.1) is 10.9 Å². The fraction of sp³-hybridized carbons (Fsp3) is 0.562. The fourth-order valence-electron chi connectivity index (χ4n) is 2.02. The van der Waals surface area contributed by atoms with E-state index in [4.69, 9.17) is 4.55 Å². The predicted octanol–water partition coefficient (Wildman–Crippen LogP) is -0.231. The van der Waals surface area contributed by atoms with Crippen molar-refractivity contribution in [2.75, 3.05) is 23.4 Å². The number of rotatable bonds is 11. The summed E-state index contributed by atoms with van der Waals surface area (Å²) in [7, 11) is -4.28. The smallest absolute Gasteiger partial charge is 0.846 e. The number of unbranched alkanes of at least 4 members (excludes halogenated alkanes) is 4. The molecular formula is C16H25N2NaO4S2.